The zero-order valence-corrected chi connectivity index (χ0v) is 12.6. The SMILES string of the molecule is Fc1cc(F)c2nc(CCl)n(-c3c(Cl)cccc3Cl)c2c1. The molecule has 7 heteroatoms. The summed E-state index contributed by atoms with van der Waals surface area (Å²) in [5, 5.41) is 0.663. The molecule has 0 bridgehead atoms. The number of halogens is 5. The first-order chi connectivity index (χ1) is 10.0. The van der Waals surface area contributed by atoms with Gasteiger partial charge in [-0.3, -0.25) is 4.57 Å². The third kappa shape index (κ3) is 2.37. The molecule has 21 heavy (non-hydrogen) atoms. The topological polar surface area (TPSA) is 17.8 Å². The molecular formula is C14H7Cl3F2N2. The van der Waals surface area contributed by atoms with E-state index in [1.165, 1.54) is 10.6 Å². The largest absolute Gasteiger partial charge is 0.292 e. The molecule has 0 atom stereocenters. The highest BCUT2D eigenvalue weighted by molar-refractivity contribution is 6.37. The number of aromatic nitrogens is 2. The lowest BCUT2D eigenvalue weighted by Gasteiger charge is -2.11. The van der Waals surface area contributed by atoms with E-state index >= 15 is 0 Å². The first kappa shape index (κ1) is 14.6. The zero-order chi connectivity index (χ0) is 15.1. The fourth-order valence-electron chi connectivity index (χ4n) is 2.19. The molecule has 0 saturated carbocycles. The minimum atomic E-state index is -0.765. The van der Waals surface area contributed by atoms with Gasteiger partial charge in [-0.2, -0.15) is 0 Å². The average Bonchev–Trinajstić information content (AvgIpc) is 2.78. The van der Waals surface area contributed by atoms with Gasteiger partial charge in [-0.05, 0) is 12.1 Å². The molecule has 0 saturated heterocycles. The standard InChI is InChI=1S/C14H7Cl3F2N2/c15-6-12-20-13-10(19)4-7(18)5-11(13)21(12)14-8(16)2-1-3-9(14)17/h1-5H,6H2. The highest BCUT2D eigenvalue weighted by Crippen LogP contribution is 2.33. The summed E-state index contributed by atoms with van der Waals surface area (Å²) in [6, 6.07) is 6.87. The van der Waals surface area contributed by atoms with E-state index in [-0.39, 0.29) is 16.9 Å². The van der Waals surface area contributed by atoms with E-state index in [2.05, 4.69) is 4.98 Å². The first-order valence-electron chi connectivity index (χ1n) is 5.89. The van der Waals surface area contributed by atoms with E-state index in [0.29, 0.717) is 21.6 Å². The minimum Gasteiger partial charge on any atom is -0.292 e. The summed E-state index contributed by atoms with van der Waals surface area (Å²) < 4.78 is 28.9. The second-order valence-electron chi connectivity index (χ2n) is 4.32. The molecule has 0 amide bonds. The lowest BCUT2D eigenvalue weighted by atomic mass is 10.2. The summed E-state index contributed by atoms with van der Waals surface area (Å²) in [6.45, 7) is 0. The van der Waals surface area contributed by atoms with E-state index in [1.807, 2.05) is 0 Å². The molecule has 1 aromatic heterocycles. The Hall–Kier alpha value is -1.36. The van der Waals surface area contributed by atoms with E-state index in [4.69, 9.17) is 34.8 Å². The van der Waals surface area contributed by atoms with Crippen molar-refractivity contribution < 1.29 is 8.78 Å². The maximum atomic E-state index is 13.9. The number of imidazole rings is 1. The summed E-state index contributed by atoms with van der Waals surface area (Å²) in [4.78, 5) is 4.10. The van der Waals surface area contributed by atoms with Gasteiger partial charge < -0.3 is 0 Å². The molecule has 108 valence electrons. The van der Waals surface area contributed by atoms with Crippen LogP contribution in [0.5, 0.6) is 0 Å². The van der Waals surface area contributed by atoms with Crippen molar-refractivity contribution in [2.24, 2.45) is 0 Å². The Balaban J connectivity index is 2.46. The van der Waals surface area contributed by atoms with Gasteiger partial charge in [0, 0.05) is 12.1 Å². The van der Waals surface area contributed by atoms with Crippen molar-refractivity contribution in [3.8, 4) is 5.69 Å². The van der Waals surface area contributed by atoms with Gasteiger partial charge in [-0.25, -0.2) is 13.8 Å². The molecular weight excluding hydrogens is 341 g/mol. The fraction of sp³-hybridized carbons (Fsp3) is 0.0714. The van der Waals surface area contributed by atoms with E-state index in [1.54, 1.807) is 18.2 Å². The molecule has 3 rings (SSSR count). The molecule has 0 aliphatic heterocycles. The Labute approximate surface area is 133 Å². The highest BCUT2D eigenvalue weighted by Gasteiger charge is 2.19. The molecule has 0 fully saturated rings. The van der Waals surface area contributed by atoms with Crippen molar-refractivity contribution in [3.63, 3.8) is 0 Å². The van der Waals surface area contributed by atoms with Gasteiger partial charge >= 0.3 is 0 Å². The quantitative estimate of drug-likeness (QED) is 0.571. The van der Waals surface area contributed by atoms with Crippen LogP contribution in [0.4, 0.5) is 8.78 Å². The summed E-state index contributed by atoms with van der Waals surface area (Å²) in [5.74, 6) is -1.16. The molecule has 0 spiro atoms. The Kier molecular flexibility index (Phi) is 3.78. The number of fused-ring (bicyclic) bond motifs is 1. The number of rotatable bonds is 2. The van der Waals surface area contributed by atoms with Crippen LogP contribution in [0.15, 0.2) is 30.3 Å². The molecule has 0 aliphatic rings. The van der Waals surface area contributed by atoms with Crippen LogP contribution in [0.1, 0.15) is 5.82 Å². The van der Waals surface area contributed by atoms with Crippen molar-refractivity contribution >= 4 is 45.8 Å². The fourth-order valence-corrected chi connectivity index (χ4v) is 2.94. The molecule has 0 aliphatic carbocycles. The van der Waals surface area contributed by atoms with Crippen LogP contribution < -0.4 is 0 Å². The van der Waals surface area contributed by atoms with Crippen LogP contribution in [0.3, 0.4) is 0 Å². The lowest BCUT2D eigenvalue weighted by Crippen LogP contribution is -2.01. The van der Waals surface area contributed by atoms with Crippen molar-refractivity contribution in [3.05, 3.63) is 57.8 Å². The van der Waals surface area contributed by atoms with E-state index in [9.17, 15) is 8.78 Å². The Bertz CT molecular complexity index is 826. The van der Waals surface area contributed by atoms with Gasteiger partial charge in [-0.15, -0.1) is 11.6 Å². The third-order valence-electron chi connectivity index (χ3n) is 3.03. The highest BCUT2D eigenvalue weighted by atomic mass is 35.5. The van der Waals surface area contributed by atoms with Crippen LogP contribution in [0.2, 0.25) is 10.0 Å². The molecule has 0 radical (unpaired) electrons. The van der Waals surface area contributed by atoms with Crippen LogP contribution >= 0.6 is 34.8 Å². The summed E-state index contributed by atoms with van der Waals surface area (Å²) in [7, 11) is 0. The monoisotopic (exact) mass is 346 g/mol. The molecule has 2 nitrogen and oxygen atoms in total. The second kappa shape index (κ2) is 5.44. The van der Waals surface area contributed by atoms with Gasteiger partial charge in [-0.1, -0.05) is 29.3 Å². The molecule has 2 aromatic carbocycles. The third-order valence-corrected chi connectivity index (χ3v) is 3.88. The van der Waals surface area contributed by atoms with Crippen molar-refractivity contribution in [2.75, 3.05) is 0 Å². The average molecular weight is 348 g/mol. The maximum Gasteiger partial charge on any atom is 0.153 e. The van der Waals surface area contributed by atoms with Gasteiger partial charge in [0.25, 0.3) is 0 Å². The number of benzene rings is 2. The number of hydrogen-bond donors (Lipinski definition) is 0. The Morgan fingerprint density at radius 3 is 2.38 bits per heavy atom. The predicted molar refractivity (Wildman–Crippen MR) is 80.6 cm³/mol. The molecule has 0 N–H and O–H groups in total. The summed E-state index contributed by atoms with van der Waals surface area (Å²) in [6.07, 6.45) is 0. The Morgan fingerprint density at radius 2 is 1.76 bits per heavy atom. The Morgan fingerprint density at radius 1 is 1.10 bits per heavy atom. The normalized spacial score (nSPS) is 11.3. The number of nitrogens with zero attached hydrogens (tertiary/aromatic N) is 2. The van der Waals surface area contributed by atoms with Crippen molar-refractivity contribution in [2.45, 2.75) is 5.88 Å². The van der Waals surface area contributed by atoms with Crippen LogP contribution in [-0.2, 0) is 5.88 Å². The van der Waals surface area contributed by atoms with Gasteiger partial charge in [0.2, 0.25) is 0 Å². The van der Waals surface area contributed by atoms with Gasteiger partial charge in [0.15, 0.2) is 5.82 Å². The number of alkyl halides is 1. The molecule has 0 unspecified atom stereocenters. The number of hydrogen-bond acceptors (Lipinski definition) is 1. The summed E-state index contributed by atoms with van der Waals surface area (Å²) in [5.41, 5.74) is 0.630. The molecule has 1 heterocycles. The first-order valence-corrected chi connectivity index (χ1v) is 7.18. The predicted octanol–water partition coefficient (Wildman–Crippen LogP) is 5.35. The van der Waals surface area contributed by atoms with E-state index < -0.39 is 11.6 Å². The van der Waals surface area contributed by atoms with Crippen molar-refractivity contribution in [1.29, 1.82) is 0 Å². The van der Waals surface area contributed by atoms with Crippen molar-refractivity contribution in [1.82, 2.24) is 9.55 Å². The maximum absolute atomic E-state index is 13.9. The van der Waals surface area contributed by atoms with Gasteiger partial charge in [0.05, 0.1) is 27.1 Å². The minimum absolute atomic E-state index is 0.00269. The van der Waals surface area contributed by atoms with Gasteiger partial charge in [0.1, 0.15) is 17.2 Å². The second-order valence-corrected chi connectivity index (χ2v) is 5.40. The smallest absolute Gasteiger partial charge is 0.153 e. The lowest BCUT2D eigenvalue weighted by molar-refractivity contribution is 0.590. The summed E-state index contributed by atoms with van der Waals surface area (Å²) >= 11 is 18.2. The molecule has 3 aromatic rings. The van der Waals surface area contributed by atoms with Crippen LogP contribution in [0, 0.1) is 11.6 Å². The van der Waals surface area contributed by atoms with Crippen LogP contribution in [0.25, 0.3) is 16.7 Å². The number of para-hydroxylation sites is 1. The van der Waals surface area contributed by atoms with Crippen LogP contribution in [-0.4, -0.2) is 9.55 Å². The van der Waals surface area contributed by atoms with E-state index in [0.717, 1.165) is 6.07 Å². The zero-order valence-electron chi connectivity index (χ0n) is 10.4.